The van der Waals surface area contributed by atoms with Crippen molar-refractivity contribution in [3.8, 4) is 0 Å². The van der Waals surface area contributed by atoms with Crippen molar-refractivity contribution in [2.45, 2.75) is 38.1 Å². The minimum atomic E-state index is -0.0805. The van der Waals surface area contributed by atoms with E-state index in [1.54, 1.807) is 0 Å². The first kappa shape index (κ1) is 19.9. The average Bonchev–Trinajstić information content (AvgIpc) is 3.44. The average molecular weight is 443 g/mol. The lowest BCUT2D eigenvalue weighted by atomic mass is 9.68. The van der Waals surface area contributed by atoms with Crippen molar-refractivity contribution in [2.24, 2.45) is 17.8 Å². The third-order valence-electron chi connectivity index (χ3n) is 7.96. The number of carbonyl (C=O) groups excluding carboxylic acids is 1. The summed E-state index contributed by atoms with van der Waals surface area (Å²) in [5.74, 6) is 2.53. The molecule has 1 aliphatic heterocycles. The molecule has 0 unspecified atom stereocenters. The van der Waals surface area contributed by atoms with Gasteiger partial charge < -0.3 is 10.6 Å². The van der Waals surface area contributed by atoms with Crippen molar-refractivity contribution in [3.05, 3.63) is 94.0 Å². The molecule has 2 saturated carbocycles. The molecule has 2 aliphatic carbocycles. The van der Waals surface area contributed by atoms with Gasteiger partial charge in [-0.25, -0.2) is 0 Å². The van der Waals surface area contributed by atoms with Gasteiger partial charge in [-0.05, 0) is 96.9 Å². The third-order valence-corrected chi connectivity index (χ3v) is 8.19. The highest BCUT2D eigenvalue weighted by Gasteiger charge is 2.53. The lowest BCUT2D eigenvalue weighted by molar-refractivity contribution is 0.102. The second-order valence-electron chi connectivity index (χ2n) is 9.68. The number of carbonyl (C=O) groups is 1. The zero-order valence-corrected chi connectivity index (χ0v) is 18.9. The predicted molar refractivity (Wildman–Crippen MR) is 130 cm³/mol. The van der Waals surface area contributed by atoms with E-state index < -0.39 is 0 Å². The summed E-state index contributed by atoms with van der Waals surface area (Å²) >= 11 is 6.14. The van der Waals surface area contributed by atoms with Crippen LogP contribution in [0, 0.1) is 24.7 Å². The minimum absolute atomic E-state index is 0.0805. The topological polar surface area (TPSA) is 41.1 Å². The number of anilines is 2. The van der Waals surface area contributed by atoms with E-state index in [-0.39, 0.29) is 5.91 Å². The Balaban J connectivity index is 1.35. The summed E-state index contributed by atoms with van der Waals surface area (Å²) in [6, 6.07) is 23.0. The normalized spacial score (nSPS) is 27.4. The Hall–Kier alpha value is -2.78. The molecule has 3 aliphatic rings. The van der Waals surface area contributed by atoms with Gasteiger partial charge in [0, 0.05) is 22.0 Å². The zero-order valence-electron chi connectivity index (χ0n) is 18.1. The van der Waals surface area contributed by atoms with Crippen LogP contribution in [0.25, 0.3) is 0 Å². The quantitative estimate of drug-likeness (QED) is 0.450. The summed E-state index contributed by atoms with van der Waals surface area (Å²) in [5.41, 5.74) is 6.36. The largest absolute Gasteiger partial charge is 0.378 e. The van der Waals surface area contributed by atoms with E-state index in [0.717, 1.165) is 23.1 Å². The van der Waals surface area contributed by atoms with Gasteiger partial charge in [-0.15, -0.1) is 0 Å². The lowest BCUT2D eigenvalue weighted by Gasteiger charge is -2.43. The number of hydrogen-bond acceptors (Lipinski definition) is 2. The molecular formula is C28H27ClN2O. The van der Waals surface area contributed by atoms with Gasteiger partial charge in [0.15, 0.2) is 0 Å². The number of fused-ring (bicyclic) bond motifs is 7. The van der Waals surface area contributed by atoms with Crippen LogP contribution < -0.4 is 10.6 Å². The minimum Gasteiger partial charge on any atom is -0.378 e. The molecule has 1 amide bonds. The van der Waals surface area contributed by atoms with Crippen LogP contribution in [0.2, 0.25) is 5.02 Å². The molecule has 32 heavy (non-hydrogen) atoms. The highest BCUT2D eigenvalue weighted by molar-refractivity contribution is 6.31. The molecule has 4 heteroatoms. The summed E-state index contributed by atoms with van der Waals surface area (Å²) in [4.78, 5) is 13.1. The molecule has 3 nitrogen and oxygen atoms in total. The number of benzene rings is 3. The van der Waals surface area contributed by atoms with Crippen molar-refractivity contribution >= 4 is 28.9 Å². The fraction of sp³-hybridized carbons (Fsp3) is 0.321. The van der Waals surface area contributed by atoms with Crippen LogP contribution in [0.4, 0.5) is 11.4 Å². The molecule has 0 aromatic heterocycles. The van der Waals surface area contributed by atoms with Gasteiger partial charge in [0.1, 0.15) is 0 Å². The van der Waals surface area contributed by atoms with Crippen LogP contribution in [0.3, 0.4) is 0 Å². The van der Waals surface area contributed by atoms with Gasteiger partial charge in [-0.2, -0.15) is 0 Å². The summed E-state index contributed by atoms with van der Waals surface area (Å²) in [7, 11) is 0. The first-order valence-electron chi connectivity index (χ1n) is 11.6. The molecule has 1 heterocycles. The highest BCUT2D eigenvalue weighted by Crippen LogP contribution is 2.63. The fourth-order valence-corrected chi connectivity index (χ4v) is 6.71. The second-order valence-corrected chi connectivity index (χ2v) is 10.1. The third kappa shape index (κ3) is 3.22. The molecule has 3 aromatic rings. The Morgan fingerprint density at radius 3 is 2.66 bits per heavy atom. The van der Waals surface area contributed by atoms with Crippen molar-refractivity contribution < 1.29 is 4.79 Å². The molecule has 2 N–H and O–H groups in total. The smallest absolute Gasteiger partial charge is 0.255 e. The van der Waals surface area contributed by atoms with E-state index in [1.165, 1.54) is 36.1 Å². The second kappa shape index (κ2) is 7.67. The molecule has 2 bridgehead atoms. The van der Waals surface area contributed by atoms with Crippen LogP contribution in [-0.4, -0.2) is 5.91 Å². The molecule has 2 fully saturated rings. The fourth-order valence-electron chi connectivity index (χ4n) is 6.54. The number of nitrogens with one attached hydrogen (secondary N) is 2. The van der Waals surface area contributed by atoms with Crippen molar-refractivity contribution in [3.63, 3.8) is 0 Å². The first-order chi connectivity index (χ1) is 15.6. The first-order valence-corrected chi connectivity index (χ1v) is 12.0. The van der Waals surface area contributed by atoms with Crippen molar-refractivity contribution in [1.82, 2.24) is 0 Å². The monoisotopic (exact) mass is 442 g/mol. The standard InChI is InChI=1S/C28H27ClN2O/c1-16-7-11-21(29)15-24(16)31-28(32)20-10-12-23-22(14-20)25-18-8-9-19(13-18)26(25)27(30-23)17-5-3-2-4-6-17/h2-7,10-12,14-15,18-19,25-27,30H,8-9,13H2,1H3,(H,31,32)/t18-,19-,25-,26+,27-/m0/s1. The highest BCUT2D eigenvalue weighted by atomic mass is 35.5. The molecular weight excluding hydrogens is 416 g/mol. The molecule has 6 rings (SSSR count). The lowest BCUT2D eigenvalue weighted by Crippen LogP contribution is -2.35. The van der Waals surface area contributed by atoms with Gasteiger partial charge >= 0.3 is 0 Å². The Morgan fingerprint density at radius 2 is 1.81 bits per heavy atom. The maximum absolute atomic E-state index is 13.1. The van der Waals surface area contributed by atoms with Gasteiger partial charge in [0.2, 0.25) is 0 Å². The Labute approximate surface area is 194 Å². The van der Waals surface area contributed by atoms with Crippen molar-refractivity contribution in [2.75, 3.05) is 10.6 Å². The maximum atomic E-state index is 13.1. The summed E-state index contributed by atoms with van der Waals surface area (Å²) in [6.45, 7) is 1.98. The van der Waals surface area contributed by atoms with E-state index >= 15 is 0 Å². The predicted octanol–water partition coefficient (Wildman–Crippen LogP) is 7.20. The molecule has 0 spiro atoms. The van der Waals surface area contributed by atoms with E-state index in [4.69, 9.17) is 11.6 Å². The van der Waals surface area contributed by atoms with Gasteiger partial charge in [0.05, 0.1) is 6.04 Å². The molecule has 162 valence electrons. The van der Waals surface area contributed by atoms with E-state index in [1.807, 2.05) is 31.2 Å². The van der Waals surface area contributed by atoms with Crippen LogP contribution in [0.15, 0.2) is 66.7 Å². The van der Waals surface area contributed by atoms with E-state index in [0.29, 0.717) is 28.5 Å². The molecule has 3 aromatic carbocycles. The SMILES string of the molecule is Cc1ccc(Cl)cc1NC(=O)c1ccc2c(c1)[C@@H]1[C@H]3CC[C@@H](C3)[C@H]1[C@H](c1ccccc1)N2. The Morgan fingerprint density at radius 1 is 1.00 bits per heavy atom. The number of rotatable bonds is 3. The van der Waals surface area contributed by atoms with Gasteiger partial charge in [0.25, 0.3) is 5.91 Å². The van der Waals surface area contributed by atoms with E-state index in [2.05, 4.69) is 53.1 Å². The van der Waals surface area contributed by atoms with Gasteiger partial charge in [-0.3, -0.25) is 4.79 Å². The molecule has 0 saturated heterocycles. The summed E-state index contributed by atoms with van der Waals surface area (Å²) in [6.07, 6.45) is 3.96. The Kier molecular flexibility index (Phi) is 4.76. The zero-order chi connectivity index (χ0) is 21.8. The number of hydrogen-bond donors (Lipinski definition) is 2. The van der Waals surface area contributed by atoms with Crippen molar-refractivity contribution in [1.29, 1.82) is 0 Å². The Bertz CT molecular complexity index is 1190. The summed E-state index contributed by atoms with van der Waals surface area (Å²) in [5, 5.41) is 7.53. The van der Waals surface area contributed by atoms with Gasteiger partial charge in [-0.1, -0.05) is 48.0 Å². The maximum Gasteiger partial charge on any atom is 0.255 e. The van der Waals surface area contributed by atoms with Crippen LogP contribution in [0.5, 0.6) is 0 Å². The van der Waals surface area contributed by atoms with Crippen LogP contribution in [0.1, 0.15) is 58.3 Å². The number of halogens is 1. The number of aryl methyl sites for hydroxylation is 1. The number of amides is 1. The van der Waals surface area contributed by atoms with Crippen LogP contribution in [-0.2, 0) is 0 Å². The van der Waals surface area contributed by atoms with Crippen LogP contribution >= 0.6 is 11.6 Å². The summed E-state index contributed by atoms with van der Waals surface area (Å²) < 4.78 is 0. The van der Waals surface area contributed by atoms with E-state index in [9.17, 15) is 4.79 Å². The molecule has 5 atom stereocenters. The molecule has 0 radical (unpaired) electrons.